The SMILES string of the molecule is O=C(CCC1CCCC1)N/C(=C\c1ccc(Oc2ccc(Cl)cc2)cc1)C(=O)O. The number of nitrogens with one attached hydrogen (secondary N) is 1. The Balaban J connectivity index is 1.59. The summed E-state index contributed by atoms with van der Waals surface area (Å²) in [5, 5.41) is 12.6. The quantitative estimate of drug-likeness (QED) is 0.549. The first-order valence-electron chi connectivity index (χ1n) is 9.78. The minimum Gasteiger partial charge on any atom is -0.477 e. The minimum atomic E-state index is -1.17. The highest BCUT2D eigenvalue weighted by Crippen LogP contribution is 2.28. The summed E-state index contributed by atoms with van der Waals surface area (Å²) < 4.78 is 5.72. The van der Waals surface area contributed by atoms with E-state index in [0.29, 0.717) is 34.4 Å². The van der Waals surface area contributed by atoms with Crippen molar-refractivity contribution in [1.29, 1.82) is 0 Å². The van der Waals surface area contributed by atoms with Crippen molar-refractivity contribution in [3.05, 3.63) is 64.8 Å². The van der Waals surface area contributed by atoms with E-state index >= 15 is 0 Å². The molecular weight excluding hydrogens is 390 g/mol. The van der Waals surface area contributed by atoms with Crippen LogP contribution in [0.3, 0.4) is 0 Å². The molecule has 1 aliphatic carbocycles. The first kappa shape index (κ1) is 20.9. The third-order valence-electron chi connectivity index (χ3n) is 5.00. The first-order valence-corrected chi connectivity index (χ1v) is 10.2. The van der Waals surface area contributed by atoms with E-state index in [1.807, 2.05) is 0 Å². The number of carboxylic acids is 1. The Morgan fingerprint density at radius 3 is 2.21 bits per heavy atom. The van der Waals surface area contributed by atoms with Gasteiger partial charge in [0.2, 0.25) is 5.91 Å². The van der Waals surface area contributed by atoms with E-state index in [9.17, 15) is 14.7 Å². The zero-order chi connectivity index (χ0) is 20.6. The summed E-state index contributed by atoms with van der Waals surface area (Å²) in [5.41, 5.74) is 0.523. The molecule has 0 radical (unpaired) electrons. The lowest BCUT2D eigenvalue weighted by Crippen LogP contribution is -2.27. The second-order valence-electron chi connectivity index (χ2n) is 7.23. The van der Waals surface area contributed by atoms with Crippen molar-refractivity contribution in [3.8, 4) is 11.5 Å². The molecule has 6 heteroatoms. The molecule has 2 aromatic rings. The van der Waals surface area contributed by atoms with Crippen LogP contribution in [0.15, 0.2) is 54.2 Å². The van der Waals surface area contributed by atoms with Crippen molar-refractivity contribution in [2.45, 2.75) is 38.5 Å². The third kappa shape index (κ3) is 6.64. The molecule has 1 aliphatic rings. The van der Waals surface area contributed by atoms with Crippen LogP contribution in [-0.4, -0.2) is 17.0 Å². The standard InChI is InChI=1S/C23H24ClNO4/c24-18-8-12-20(13-9-18)29-19-10-5-17(6-11-19)15-21(23(27)28)25-22(26)14-7-16-3-1-2-4-16/h5-6,8-13,15-16H,1-4,7,14H2,(H,25,26)(H,27,28)/b21-15-. The number of carbonyl (C=O) groups excluding carboxylic acids is 1. The van der Waals surface area contributed by atoms with Crippen molar-refractivity contribution < 1.29 is 19.4 Å². The van der Waals surface area contributed by atoms with Crippen LogP contribution < -0.4 is 10.1 Å². The summed E-state index contributed by atoms with van der Waals surface area (Å²) >= 11 is 5.86. The summed E-state index contributed by atoms with van der Waals surface area (Å²) in [6.07, 6.45) is 7.40. The largest absolute Gasteiger partial charge is 0.477 e. The summed E-state index contributed by atoms with van der Waals surface area (Å²) in [6.45, 7) is 0. The molecule has 0 saturated heterocycles. The molecule has 1 amide bonds. The van der Waals surface area contributed by atoms with E-state index in [4.69, 9.17) is 16.3 Å². The Kier molecular flexibility index (Phi) is 7.30. The Morgan fingerprint density at radius 1 is 1.03 bits per heavy atom. The molecule has 0 bridgehead atoms. The normalized spacial score (nSPS) is 14.6. The van der Waals surface area contributed by atoms with E-state index in [-0.39, 0.29) is 11.6 Å². The molecule has 0 aliphatic heterocycles. The Labute approximate surface area is 175 Å². The van der Waals surface area contributed by atoms with Crippen molar-refractivity contribution in [2.24, 2.45) is 5.92 Å². The zero-order valence-corrected chi connectivity index (χ0v) is 16.8. The van der Waals surface area contributed by atoms with Crippen molar-refractivity contribution in [3.63, 3.8) is 0 Å². The van der Waals surface area contributed by atoms with Gasteiger partial charge in [0.1, 0.15) is 17.2 Å². The summed E-state index contributed by atoms with van der Waals surface area (Å²) in [7, 11) is 0. The average Bonchev–Trinajstić information content (AvgIpc) is 3.23. The first-order chi connectivity index (χ1) is 14.0. The molecule has 0 aromatic heterocycles. The molecular formula is C23H24ClNO4. The number of benzene rings is 2. The smallest absolute Gasteiger partial charge is 0.352 e. The van der Waals surface area contributed by atoms with Gasteiger partial charge in [-0.1, -0.05) is 49.4 Å². The maximum atomic E-state index is 12.1. The number of rotatable bonds is 8. The van der Waals surface area contributed by atoms with Gasteiger partial charge in [-0.15, -0.1) is 0 Å². The van der Waals surface area contributed by atoms with Gasteiger partial charge >= 0.3 is 5.97 Å². The summed E-state index contributed by atoms with van der Waals surface area (Å²) in [4.78, 5) is 23.7. The molecule has 0 atom stereocenters. The summed E-state index contributed by atoms with van der Waals surface area (Å²) in [5.74, 6) is 0.431. The number of hydrogen-bond acceptors (Lipinski definition) is 3. The minimum absolute atomic E-state index is 0.132. The Morgan fingerprint density at radius 2 is 1.62 bits per heavy atom. The van der Waals surface area contributed by atoms with Crippen LogP contribution in [0.2, 0.25) is 5.02 Å². The number of aliphatic carboxylic acids is 1. The van der Waals surface area contributed by atoms with Crippen molar-refractivity contribution in [2.75, 3.05) is 0 Å². The third-order valence-corrected chi connectivity index (χ3v) is 5.25. The highest BCUT2D eigenvalue weighted by molar-refractivity contribution is 6.30. The van der Waals surface area contributed by atoms with Gasteiger partial charge < -0.3 is 15.2 Å². The number of carbonyl (C=O) groups is 2. The van der Waals surface area contributed by atoms with Gasteiger partial charge in [-0.05, 0) is 60.4 Å². The molecule has 3 rings (SSSR count). The second-order valence-corrected chi connectivity index (χ2v) is 7.66. The number of hydrogen-bond donors (Lipinski definition) is 2. The second kappa shape index (κ2) is 10.1. The average molecular weight is 414 g/mol. The molecule has 29 heavy (non-hydrogen) atoms. The van der Waals surface area contributed by atoms with Crippen LogP contribution in [-0.2, 0) is 9.59 Å². The van der Waals surface area contributed by atoms with E-state index in [2.05, 4.69) is 5.32 Å². The highest BCUT2D eigenvalue weighted by Gasteiger charge is 2.17. The fraction of sp³-hybridized carbons (Fsp3) is 0.304. The number of amides is 1. The van der Waals surface area contributed by atoms with Crippen LogP contribution in [0, 0.1) is 5.92 Å². The van der Waals surface area contributed by atoms with Crippen LogP contribution in [0.1, 0.15) is 44.1 Å². The molecule has 5 nitrogen and oxygen atoms in total. The van der Waals surface area contributed by atoms with Crippen LogP contribution >= 0.6 is 11.6 Å². The van der Waals surface area contributed by atoms with Gasteiger partial charge in [-0.2, -0.15) is 0 Å². The summed E-state index contributed by atoms with van der Waals surface area (Å²) in [6, 6.07) is 14.0. The van der Waals surface area contributed by atoms with Gasteiger partial charge in [-0.3, -0.25) is 4.79 Å². The van der Waals surface area contributed by atoms with Gasteiger partial charge in [0.15, 0.2) is 0 Å². The predicted octanol–water partition coefficient (Wildman–Crippen LogP) is 5.64. The van der Waals surface area contributed by atoms with Crippen LogP contribution in [0.4, 0.5) is 0 Å². The lowest BCUT2D eigenvalue weighted by Gasteiger charge is -2.10. The lowest BCUT2D eigenvalue weighted by molar-refractivity contribution is -0.134. The predicted molar refractivity (Wildman–Crippen MR) is 113 cm³/mol. The van der Waals surface area contributed by atoms with E-state index in [1.54, 1.807) is 48.5 Å². The molecule has 1 fully saturated rings. The fourth-order valence-corrected chi connectivity index (χ4v) is 3.56. The molecule has 2 aromatic carbocycles. The molecule has 152 valence electrons. The lowest BCUT2D eigenvalue weighted by atomic mass is 10.0. The van der Waals surface area contributed by atoms with E-state index in [0.717, 1.165) is 6.42 Å². The fourth-order valence-electron chi connectivity index (χ4n) is 3.44. The monoisotopic (exact) mass is 413 g/mol. The number of carboxylic acid groups (broad SMARTS) is 1. The maximum Gasteiger partial charge on any atom is 0.352 e. The van der Waals surface area contributed by atoms with Crippen LogP contribution in [0.25, 0.3) is 6.08 Å². The van der Waals surface area contributed by atoms with Crippen LogP contribution in [0.5, 0.6) is 11.5 Å². The zero-order valence-electron chi connectivity index (χ0n) is 16.1. The van der Waals surface area contributed by atoms with E-state index in [1.165, 1.54) is 31.8 Å². The van der Waals surface area contributed by atoms with Gasteiger partial charge in [0.05, 0.1) is 0 Å². The maximum absolute atomic E-state index is 12.1. The highest BCUT2D eigenvalue weighted by atomic mass is 35.5. The molecule has 0 heterocycles. The van der Waals surface area contributed by atoms with Gasteiger partial charge in [-0.25, -0.2) is 4.79 Å². The number of halogens is 1. The van der Waals surface area contributed by atoms with Crippen molar-refractivity contribution >= 4 is 29.6 Å². The number of ether oxygens (including phenoxy) is 1. The molecule has 1 saturated carbocycles. The molecule has 0 spiro atoms. The van der Waals surface area contributed by atoms with Gasteiger partial charge in [0.25, 0.3) is 0 Å². The molecule has 0 unspecified atom stereocenters. The topological polar surface area (TPSA) is 75.6 Å². The van der Waals surface area contributed by atoms with Gasteiger partial charge in [0, 0.05) is 11.4 Å². The van der Waals surface area contributed by atoms with E-state index < -0.39 is 5.97 Å². The Hall–Kier alpha value is -2.79. The van der Waals surface area contributed by atoms with Crippen molar-refractivity contribution in [1.82, 2.24) is 5.32 Å². The molecule has 2 N–H and O–H groups in total. The Bertz CT molecular complexity index is 869.